The van der Waals surface area contributed by atoms with Crippen LogP contribution in [0.25, 0.3) is 16.8 Å². The standard InChI is InChI=1S/C11H10N6/c1-7-8(3-2-4-13-7)9-5-14-11(12)17-6-15-16-10(9)17/h2-6H,1H3,(H2,12,14). The van der Waals surface area contributed by atoms with Crippen molar-refractivity contribution in [2.24, 2.45) is 0 Å². The van der Waals surface area contributed by atoms with Crippen LogP contribution in [0.4, 0.5) is 5.95 Å². The molecule has 0 aliphatic rings. The summed E-state index contributed by atoms with van der Waals surface area (Å²) in [6, 6.07) is 3.86. The molecule has 17 heavy (non-hydrogen) atoms. The van der Waals surface area contributed by atoms with E-state index in [9.17, 15) is 0 Å². The Morgan fingerprint density at radius 2 is 2.12 bits per heavy atom. The lowest BCUT2D eigenvalue weighted by Crippen LogP contribution is -2.01. The fraction of sp³-hybridized carbons (Fsp3) is 0.0909. The number of nitrogens with two attached hydrogens (primary N) is 1. The Bertz CT molecular complexity index is 687. The van der Waals surface area contributed by atoms with E-state index in [4.69, 9.17) is 5.73 Å². The van der Waals surface area contributed by atoms with Crippen LogP contribution in [0.2, 0.25) is 0 Å². The number of pyridine rings is 1. The molecule has 0 bridgehead atoms. The second kappa shape index (κ2) is 3.51. The number of aromatic nitrogens is 5. The van der Waals surface area contributed by atoms with Crippen LogP contribution in [-0.2, 0) is 0 Å². The average molecular weight is 226 g/mol. The van der Waals surface area contributed by atoms with Crippen LogP contribution in [0, 0.1) is 6.92 Å². The molecule has 0 fully saturated rings. The Morgan fingerprint density at radius 3 is 2.94 bits per heavy atom. The largest absolute Gasteiger partial charge is 0.369 e. The second-order valence-corrected chi connectivity index (χ2v) is 3.69. The lowest BCUT2D eigenvalue weighted by molar-refractivity contribution is 1.08. The number of aryl methyl sites for hydroxylation is 1. The first-order valence-electron chi connectivity index (χ1n) is 5.13. The lowest BCUT2D eigenvalue weighted by Gasteiger charge is -2.06. The maximum absolute atomic E-state index is 5.74. The van der Waals surface area contributed by atoms with Gasteiger partial charge in [-0.25, -0.2) is 4.98 Å². The van der Waals surface area contributed by atoms with Crippen molar-refractivity contribution in [2.45, 2.75) is 6.92 Å². The van der Waals surface area contributed by atoms with Crippen LogP contribution >= 0.6 is 0 Å². The first kappa shape index (κ1) is 9.71. The summed E-state index contributed by atoms with van der Waals surface area (Å²) in [5, 5.41) is 7.91. The lowest BCUT2D eigenvalue weighted by atomic mass is 10.1. The molecule has 3 rings (SSSR count). The van der Waals surface area contributed by atoms with E-state index in [2.05, 4.69) is 20.2 Å². The molecular weight excluding hydrogens is 216 g/mol. The summed E-state index contributed by atoms with van der Waals surface area (Å²) in [7, 11) is 0. The first-order chi connectivity index (χ1) is 8.27. The Hall–Kier alpha value is -2.50. The van der Waals surface area contributed by atoms with Gasteiger partial charge in [0.1, 0.15) is 6.33 Å². The molecule has 6 nitrogen and oxygen atoms in total. The highest BCUT2D eigenvalue weighted by atomic mass is 15.3. The van der Waals surface area contributed by atoms with Crippen LogP contribution in [0.1, 0.15) is 5.69 Å². The van der Waals surface area contributed by atoms with Crippen molar-refractivity contribution in [3.63, 3.8) is 0 Å². The van der Waals surface area contributed by atoms with Crippen molar-refractivity contribution < 1.29 is 0 Å². The molecule has 0 saturated carbocycles. The molecule has 0 saturated heterocycles. The van der Waals surface area contributed by atoms with Crippen molar-refractivity contribution in [1.29, 1.82) is 0 Å². The van der Waals surface area contributed by atoms with Crippen LogP contribution in [0.3, 0.4) is 0 Å². The third-order valence-electron chi connectivity index (χ3n) is 2.66. The van der Waals surface area contributed by atoms with Gasteiger partial charge in [-0.15, -0.1) is 10.2 Å². The van der Waals surface area contributed by atoms with Crippen molar-refractivity contribution >= 4 is 11.6 Å². The molecule has 0 spiro atoms. The van der Waals surface area contributed by atoms with Crippen molar-refractivity contribution in [3.8, 4) is 11.1 Å². The number of rotatable bonds is 1. The molecule has 0 aromatic carbocycles. The Labute approximate surface area is 97.2 Å². The molecule has 3 aromatic heterocycles. The van der Waals surface area contributed by atoms with E-state index < -0.39 is 0 Å². The number of nitrogen functional groups attached to an aromatic ring is 1. The monoisotopic (exact) mass is 226 g/mol. The molecular formula is C11H10N6. The molecule has 0 aliphatic heterocycles. The normalized spacial score (nSPS) is 10.9. The van der Waals surface area contributed by atoms with Gasteiger partial charge in [-0.1, -0.05) is 6.07 Å². The van der Waals surface area contributed by atoms with Gasteiger partial charge in [-0.05, 0) is 13.0 Å². The van der Waals surface area contributed by atoms with Crippen molar-refractivity contribution in [2.75, 3.05) is 5.73 Å². The highest BCUT2D eigenvalue weighted by Crippen LogP contribution is 2.25. The minimum Gasteiger partial charge on any atom is -0.369 e. The predicted octanol–water partition coefficient (Wildman–Crippen LogP) is 1.08. The van der Waals surface area contributed by atoms with E-state index in [0.29, 0.717) is 11.6 Å². The molecule has 0 aliphatic carbocycles. The van der Waals surface area contributed by atoms with Gasteiger partial charge in [-0.3, -0.25) is 9.38 Å². The first-order valence-corrected chi connectivity index (χ1v) is 5.13. The third kappa shape index (κ3) is 1.42. The van der Waals surface area contributed by atoms with E-state index >= 15 is 0 Å². The molecule has 2 N–H and O–H groups in total. The summed E-state index contributed by atoms with van der Waals surface area (Å²) >= 11 is 0. The third-order valence-corrected chi connectivity index (χ3v) is 2.66. The molecule has 0 unspecified atom stereocenters. The molecule has 3 aromatic rings. The van der Waals surface area contributed by atoms with E-state index in [0.717, 1.165) is 16.8 Å². The highest BCUT2D eigenvalue weighted by molar-refractivity contribution is 5.78. The molecule has 0 radical (unpaired) electrons. The van der Waals surface area contributed by atoms with Gasteiger partial charge in [0.25, 0.3) is 0 Å². The van der Waals surface area contributed by atoms with Crippen molar-refractivity contribution in [1.82, 2.24) is 24.6 Å². The maximum atomic E-state index is 5.74. The average Bonchev–Trinajstić information content (AvgIpc) is 2.81. The predicted molar refractivity (Wildman–Crippen MR) is 63.2 cm³/mol. The SMILES string of the molecule is Cc1ncccc1-c1cnc(N)n2cnnc12. The minimum atomic E-state index is 0.371. The molecule has 3 heterocycles. The molecule has 0 amide bonds. The van der Waals surface area contributed by atoms with Gasteiger partial charge in [0.2, 0.25) is 5.95 Å². The number of nitrogens with zero attached hydrogens (tertiary/aromatic N) is 5. The van der Waals surface area contributed by atoms with Crippen LogP contribution in [0.5, 0.6) is 0 Å². The van der Waals surface area contributed by atoms with Crippen molar-refractivity contribution in [3.05, 3.63) is 36.5 Å². The number of anilines is 1. The summed E-state index contributed by atoms with van der Waals surface area (Å²) in [4.78, 5) is 8.38. The summed E-state index contributed by atoms with van der Waals surface area (Å²) in [6.45, 7) is 1.94. The minimum absolute atomic E-state index is 0.371. The quantitative estimate of drug-likeness (QED) is 0.671. The summed E-state index contributed by atoms with van der Waals surface area (Å²) in [6.07, 6.45) is 5.00. The number of hydrogen-bond acceptors (Lipinski definition) is 5. The summed E-state index contributed by atoms with van der Waals surface area (Å²) < 4.78 is 1.65. The number of fused-ring (bicyclic) bond motifs is 1. The zero-order valence-electron chi connectivity index (χ0n) is 9.20. The Balaban J connectivity index is 2.35. The van der Waals surface area contributed by atoms with Crippen LogP contribution in [-0.4, -0.2) is 24.6 Å². The Morgan fingerprint density at radius 1 is 1.24 bits per heavy atom. The van der Waals surface area contributed by atoms with E-state index in [-0.39, 0.29) is 0 Å². The van der Waals surface area contributed by atoms with E-state index in [1.165, 1.54) is 0 Å². The smallest absolute Gasteiger partial charge is 0.207 e. The maximum Gasteiger partial charge on any atom is 0.207 e. The van der Waals surface area contributed by atoms with Gasteiger partial charge < -0.3 is 5.73 Å². The topological polar surface area (TPSA) is 82.0 Å². The summed E-state index contributed by atoms with van der Waals surface area (Å²) in [5.74, 6) is 0.371. The second-order valence-electron chi connectivity index (χ2n) is 3.69. The summed E-state index contributed by atoms with van der Waals surface area (Å²) in [5.41, 5.74) is 9.21. The fourth-order valence-corrected chi connectivity index (χ4v) is 1.80. The van der Waals surface area contributed by atoms with E-state index in [1.54, 1.807) is 23.1 Å². The van der Waals surface area contributed by atoms with Gasteiger partial charge in [0.15, 0.2) is 5.65 Å². The molecule has 6 heteroatoms. The molecule has 0 atom stereocenters. The van der Waals surface area contributed by atoms with E-state index in [1.807, 2.05) is 19.1 Å². The van der Waals surface area contributed by atoms with Gasteiger partial charge >= 0.3 is 0 Å². The Kier molecular flexibility index (Phi) is 2.01. The molecule has 84 valence electrons. The van der Waals surface area contributed by atoms with Crippen LogP contribution < -0.4 is 5.73 Å². The zero-order chi connectivity index (χ0) is 11.8. The fourth-order valence-electron chi connectivity index (χ4n) is 1.80. The highest BCUT2D eigenvalue weighted by Gasteiger charge is 2.11. The van der Waals surface area contributed by atoms with Gasteiger partial charge in [0, 0.05) is 29.2 Å². The van der Waals surface area contributed by atoms with Gasteiger partial charge in [-0.2, -0.15) is 0 Å². The zero-order valence-corrected chi connectivity index (χ0v) is 9.20. The number of hydrogen-bond donors (Lipinski definition) is 1. The van der Waals surface area contributed by atoms with Gasteiger partial charge in [0.05, 0.1) is 0 Å². The van der Waals surface area contributed by atoms with Crippen LogP contribution in [0.15, 0.2) is 30.9 Å².